The summed E-state index contributed by atoms with van der Waals surface area (Å²) in [5.74, 6) is 1.24. The zero-order valence-electron chi connectivity index (χ0n) is 10.2. The van der Waals surface area contributed by atoms with Crippen LogP contribution in [-0.2, 0) is 11.2 Å². The molecular weight excluding hydrogens is 196 g/mol. The van der Waals surface area contributed by atoms with Gasteiger partial charge in [0.25, 0.3) is 0 Å². The highest BCUT2D eigenvalue weighted by Gasteiger charge is 2.31. The summed E-state index contributed by atoms with van der Waals surface area (Å²) >= 11 is 0. The van der Waals surface area contributed by atoms with Crippen molar-refractivity contribution in [1.82, 2.24) is 0 Å². The fourth-order valence-electron chi connectivity index (χ4n) is 2.55. The summed E-state index contributed by atoms with van der Waals surface area (Å²) in [6.45, 7) is 4.35. The summed E-state index contributed by atoms with van der Waals surface area (Å²) in [6, 6.07) is 8.33. The van der Waals surface area contributed by atoms with Crippen LogP contribution in [0.15, 0.2) is 24.3 Å². The van der Waals surface area contributed by atoms with Gasteiger partial charge < -0.3 is 0 Å². The molecule has 0 saturated heterocycles. The predicted octanol–water partition coefficient (Wildman–Crippen LogP) is 3.72. The van der Waals surface area contributed by atoms with Crippen molar-refractivity contribution in [1.29, 1.82) is 0 Å². The first-order valence-corrected chi connectivity index (χ1v) is 6.36. The quantitative estimate of drug-likeness (QED) is 0.733. The average Bonchev–Trinajstić information content (AvgIpc) is 2.27. The zero-order valence-corrected chi connectivity index (χ0v) is 10.2. The van der Waals surface area contributed by atoms with E-state index in [-0.39, 0.29) is 5.92 Å². The SMILES string of the molecule is CCC(CC)CC(=O)C1Cc2ccccc21. The maximum Gasteiger partial charge on any atom is 0.140 e. The van der Waals surface area contributed by atoms with E-state index in [2.05, 4.69) is 32.0 Å². The minimum absolute atomic E-state index is 0.205. The van der Waals surface area contributed by atoms with Crippen molar-refractivity contribution in [2.75, 3.05) is 0 Å². The lowest BCUT2D eigenvalue weighted by Crippen LogP contribution is -2.26. The Morgan fingerprint density at radius 1 is 1.31 bits per heavy atom. The van der Waals surface area contributed by atoms with Crippen LogP contribution in [0, 0.1) is 5.92 Å². The summed E-state index contributed by atoms with van der Waals surface area (Å²) in [5, 5.41) is 0. The highest BCUT2D eigenvalue weighted by molar-refractivity contribution is 5.88. The Labute approximate surface area is 97.9 Å². The van der Waals surface area contributed by atoms with E-state index in [1.54, 1.807) is 0 Å². The molecule has 0 spiro atoms. The van der Waals surface area contributed by atoms with Crippen LogP contribution in [0.1, 0.15) is 50.2 Å². The van der Waals surface area contributed by atoms with E-state index in [0.29, 0.717) is 11.7 Å². The number of hydrogen-bond donors (Lipinski definition) is 0. The molecule has 1 heteroatoms. The van der Waals surface area contributed by atoms with Gasteiger partial charge in [0.1, 0.15) is 5.78 Å². The number of carbonyl (C=O) groups is 1. The van der Waals surface area contributed by atoms with Gasteiger partial charge in [-0.15, -0.1) is 0 Å². The maximum absolute atomic E-state index is 12.1. The number of Topliss-reactive ketones (excluding diaryl/α,β-unsaturated/α-hetero) is 1. The summed E-state index contributed by atoms with van der Waals surface area (Å²) in [6.07, 6.45) is 3.98. The molecule has 1 aromatic carbocycles. The number of fused-ring (bicyclic) bond motifs is 1. The van der Waals surface area contributed by atoms with Gasteiger partial charge in [0.2, 0.25) is 0 Å². The standard InChI is InChI=1S/C15H20O/c1-3-11(4-2)9-15(16)14-10-12-7-5-6-8-13(12)14/h5-8,11,14H,3-4,9-10H2,1-2H3. The van der Waals surface area contributed by atoms with E-state index in [4.69, 9.17) is 0 Å². The second-order valence-electron chi connectivity index (χ2n) is 4.81. The smallest absolute Gasteiger partial charge is 0.140 e. The summed E-state index contributed by atoms with van der Waals surface area (Å²) < 4.78 is 0. The van der Waals surface area contributed by atoms with Gasteiger partial charge in [-0.05, 0) is 23.5 Å². The van der Waals surface area contributed by atoms with E-state index in [1.165, 1.54) is 11.1 Å². The van der Waals surface area contributed by atoms with Crippen molar-refractivity contribution in [3.8, 4) is 0 Å². The molecule has 0 amide bonds. The minimum Gasteiger partial charge on any atom is -0.299 e. The number of hydrogen-bond acceptors (Lipinski definition) is 1. The lowest BCUT2D eigenvalue weighted by molar-refractivity contribution is -0.122. The molecule has 1 nitrogen and oxygen atoms in total. The van der Waals surface area contributed by atoms with Crippen LogP contribution < -0.4 is 0 Å². The van der Waals surface area contributed by atoms with Crippen molar-refractivity contribution in [3.05, 3.63) is 35.4 Å². The van der Waals surface area contributed by atoms with Gasteiger partial charge in [-0.25, -0.2) is 0 Å². The topological polar surface area (TPSA) is 17.1 Å². The number of ketones is 1. The van der Waals surface area contributed by atoms with E-state index < -0.39 is 0 Å². The summed E-state index contributed by atoms with van der Waals surface area (Å²) in [5.41, 5.74) is 2.64. The Kier molecular flexibility index (Phi) is 3.42. The fourth-order valence-corrected chi connectivity index (χ4v) is 2.55. The van der Waals surface area contributed by atoms with Gasteiger partial charge in [0.05, 0.1) is 0 Å². The van der Waals surface area contributed by atoms with Gasteiger partial charge in [-0.3, -0.25) is 4.79 Å². The number of benzene rings is 1. The molecule has 0 aromatic heterocycles. The maximum atomic E-state index is 12.1. The number of carbonyl (C=O) groups excluding carboxylic acids is 1. The molecule has 1 atom stereocenters. The Balaban J connectivity index is 1.99. The Morgan fingerprint density at radius 2 is 2.00 bits per heavy atom. The molecule has 0 heterocycles. The fraction of sp³-hybridized carbons (Fsp3) is 0.533. The molecule has 0 radical (unpaired) electrons. The molecule has 1 aromatic rings. The second-order valence-corrected chi connectivity index (χ2v) is 4.81. The Morgan fingerprint density at radius 3 is 2.62 bits per heavy atom. The first-order valence-electron chi connectivity index (χ1n) is 6.36. The molecule has 2 rings (SSSR count). The van der Waals surface area contributed by atoms with Crippen LogP contribution in [0.3, 0.4) is 0 Å². The van der Waals surface area contributed by atoms with Gasteiger partial charge >= 0.3 is 0 Å². The molecule has 0 aliphatic heterocycles. The van der Waals surface area contributed by atoms with Gasteiger partial charge in [0, 0.05) is 12.3 Å². The van der Waals surface area contributed by atoms with Gasteiger partial charge in [-0.1, -0.05) is 51.0 Å². The average molecular weight is 216 g/mol. The second kappa shape index (κ2) is 4.82. The van der Waals surface area contributed by atoms with Crippen LogP contribution in [0.4, 0.5) is 0 Å². The normalized spacial score (nSPS) is 18.1. The van der Waals surface area contributed by atoms with E-state index in [9.17, 15) is 4.79 Å². The highest BCUT2D eigenvalue weighted by atomic mass is 16.1. The predicted molar refractivity (Wildman–Crippen MR) is 66.6 cm³/mol. The molecule has 0 bridgehead atoms. The van der Waals surface area contributed by atoms with Crippen molar-refractivity contribution in [3.63, 3.8) is 0 Å². The van der Waals surface area contributed by atoms with E-state index in [0.717, 1.165) is 25.7 Å². The Bertz CT molecular complexity index is 377. The molecular formula is C15H20O. The number of rotatable bonds is 5. The third kappa shape index (κ3) is 2.04. The van der Waals surface area contributed by atoms with Crippen LogP contribution >= 0.6 is 0 Å². The monoisotopic (exact) mass is 216 g/mol. The van der Waals surface area contributed by atoms with E-state index >= 15 is 0 Å². The highest BCUT2D eigenvalue weighted by Crippen LogP contribution is 2.37. The molecule has 1 aliphatic carbocycles. The molecule has 1 aliphatic rings. The van der Waals surface area contributed by atoms with Crippen molar-refractivity contribution in [2.24, 2.45) is 5.92 Å². The summed E-state index contributed by atoms with van der Waals surface area (Å²) in [4.78, 5) is 12.1. The van der Waals surface area contributed by atoms with Crippen molar-refractivity contribution < 1.29 is 4.79 Å². The first-order chi connectivity index (χ1) is 7.76. The zero-order chi connectivity index (χ0) is 11.5. The van der Waals surface area contributed by atoms with Crippen LogP contribution in [0.5, 0.6) is 0 Å². The van der Waals surface area contributed by atoms with Crippen LogP contribution in [0.2, 0.25) is 0 Å². The molecule has 0 fully saturated rings. The van der Waals surface area contributed by atoms with Gasteiger partial charge in [-0.2, -0.15) is 0 Å². The van der Waals surface area contributed by atoms with Gasteiger partial charge in [0.15, 0.2) is 0 Å². The largest absolute Gasteiger partial charge is 0.299 e. The van der Waals surface area contributed by atoms with Crippen LogP contribution in [-0.4, -0.2) is 5.78 Å². The molecule has 0 saturated carbocycles. The molecule has 0 N–H and O–H groups in total. The molecule has 86 valence electrons. The molecule has 1 unspecified atom stereocenters. The third-order valence-corrected chi connectivity index (χ3v) is 3.89. The Hall–Kier alpha value is -1.11. The third-order valence-electron chi connectivity index (χ3n) is 3.89. The lowest BCUT2D eigenvalue weighted by Gasteiger charge is -2.29. The minimum atomic E-state index is 0.205. The van der Waals surface area contributed by atoms with Crippen molar-refractivity contribution in [2.45, 2.75) is 45.4 Å². The van der Waals surface area contributed by atoms with E-state index in [1.807, 2.05) is 6.07 Å². The lowest BCUT2D eigenvalue weighted by atomic mass is 9.73. The summed E-state index contributed by atoms with van der Waals surface area (Å²) in [7, 11) is 0. The molecule has 16 heavy (non-hydrogen) atoms. The van der Waals surface area contributed by atoms with Crippen LogP contribution in [0.25, 0.3) is 0 Å². The first kappa shape index (κ1) is 11.4. The van der Waals surface area contributed by atoms with Crippen molar-refractivity contribution >= 4 is 5.78 Å².